The van der Waals surface area contributed by atoms with Crippen molar-refractivity contribution in [3.05, 3.63) is 29.0 Å². The highest BCUT2D eigenvalue weighted by Crippen LogP contribution is 2.08. The monoisotopic (exact) mass is 199 g/mol. The highest BCUT2D eigenvalue weighted by atomic mass is 35.5. The molecule has 13 heavy (non-hydrogen) atoms. The molecule has 0 bridgehead atoms. The fourth-order valence-electron chi connectivity index (χ4n) is 0.905. The second-order valence-electron chi connectivity index (χ2n) is 2.45. The molecule has 0 fully saturated rings. The van der Waals surface area contributed by atoms with Crippen LogP contribution in [-0.2, 0) is 16.0 Å². The Labute approximate surface area is 81.7 Å². The van der Waals surface area contributed by atoms with Gasteiger partial charge in [0.25, 0.3) is 0 Å². The maximum atomic E-state index is 11.0. The van der Waals surface area contributed by atoms with Crippen molar-refractivity contribution in [2.45, 2.75) is 13.3 Å². The molecule has 70 valence electrons. The maximum absolute atomic E-state index is 11.0. The van der Waals surface area contributed by atoms with Crippen LogP contribution >= 0.6 is 11.6 Å². The number of hydrogen-bond acceptors (Lipinski definition) is 3. The van der Waals surface area contributed by atoms with Crippen molar-refractivity contribution in [2.75, 3.05) is 6.61 Å². The van der Waals surface area contributed by atoms with Crippen molar-refractivity contribution in [3.63, 3.8) is 0 Å². The van der Waals surface area contributed by atoms with E-state index in [1.54, 1.807) is 25.3 Å². The van der Waals surface area contributed by atoms with Gasteiger partial charge in [0.15, 0.2) is 0 Å². The van der Waals surface area contributed by atoms with Gasteiger partial charge in [-0.15, -0.1) is 0 Å². The van der Waals surface area contributed by atoms with Crippen molar-refractivity contribution in [1.82, 2.24) is 4.98 Å². The van der Waals surface area contributed by atoms with Gasteiger partial charge in [0.1, 0.15) is 0 Å². The predicted molar refractivity (Wildman–Crippen MR) is 49.6 cm³/mol. The quantitative estimate of drug-likeness (QED) is 0.698. The Morgan fingerprint density at radius 2 is 2.46 bits per heavy atom. The van der Waals surface area contributed by atoms with Crippen LogP contribution < -0.4 is 0 Å². The van der Waals surface area contributed by atoms with E-state index in [9.17, 15) is 4.79 Å². The largest absolute Gasteiger partial charge is 0.466 e. The third-order valence-electron chi connectivity index (χ3n) is 1.41. The highest BCUT2D eigenvalue weighted by molar-refractivity contribution is 6.30. The van der Waals surface area contributed by atoms with Crippen LogP contribution in [0.4, 0.5) is 0 Å². The highest BCUT2D eigenvalue weighted by Gasteiger charge is 2.04. The number of aromatic nitrogens is 1. The van der Waals surface area contributed by atoms with Crippen molar-refractivity contribution < 1.29 is 9.53 Å². The molecule has 0 unspecified atom stereocenters. The van der Waals surface area contributed by atoms with Gasteiger partial charge in [-0.2, -0.15) is 0 Å². The van der Waals surface area contributed by atoms with Gasteiger partial charge in [-0.1, -0.05) is 11.6 Å². The molecule has 1 aromatic rings. The van der Waals surface area contributed by atoms with Gasteiger partial charge in [-0.3, -0.25) is 9.78 Å². The van der Waals surface area contributed by atoms with Crippen LogP contribution in [0.1, 0.15) is 12.6 Å². The number of hydrogen-bond donors (Lipinski definition) is 0. The van der Waals surface area contributed by atoms with Gasteiger partial charge in [0.2, 0.25) is 0 Å². The van der Waals surface area contributed by atoms with E-state index in [1.807, 2.05) is 0 Å². The van der Waals surface area contributed by atoms with Crippen LogP contribution in [0.3, 0.4) is 0 Å². The summed E-state index contributed by atoms with van der Waals surface area (Å²) in [6.07, 6.45) is 1.74. The average Bonchev–Trinajstić information content (AvgIpc) is 2.04. The molecule has 0 saturated heterocycles. The van der Waals surface area contributed by atoms with Crippen molar-refractivity contribution in [3.8, 4) is 0 Å². The zero-order valence-corrected chi connectivity index (χ0v) is 8.04. The van der Waals surface area contributed by atoms with Crippen LogP contribution in [0.2, 0.25) is 5.02 Å². The topological polar surface area (TPSA) is 39.2 Å². The van der Waals surface area contributed by atoms with E-state index in [0.717, 1.165) is 0 Å². The molecule has 0 aliphatic rings. The zero-order valence-electron chi connectivity index (χ0n) is 7.29. The standard InChI is InChI=1S/C9H10ClNO2/c1-2-13-9(12)6-8-5-7(10)3-4-11-8/h3-5H,2,6H2,1H3. The SMILES string of the molecule is CCOC(=O)Cc1cc(Cl)ccn1. The first-order valence-corrected chi connectivity index (χ1v) is 4.36. The molecular weight excluding hydrogens is 190 g/mol. The van der Waals surface area contributed by atoms with E-state index in [2.05, 4.69) is 4.98 Å². The summed E-state index contributed by atoms with van der Waals surface area (Å²) < 4.78 is 4.76. The molecule has 0 aromatic carbocycles. The molecule has 0 aliphatic carbocycles. The second kappa shape index (κ2) is 4.82. The van der Waals surface area contributed by atoms with E-state index in [0.29, 0.717) is 17.3 Å². The van der Waals surface area contributed by atoms with E-state index in [4.69, 9.17) is 16.3 Å². The number of nitrogens with zero attached hydrogens (tertiary/aromatic N) is 1. The predicted octanol–water partition coefficient (Wildman–Crippen LogP) is 1.84. The molecule has 0 amide bonds. The van der Waals surface area contributed by atoms with E-state index >= 15 is 0 Å². The molecule has 0 spiro atoms. The lowest BCUT2D eigenvalue weighted by molar-refractivity contribution is -0.142. The summed E-state index contributed by atoms with van der Waals surface area (Å²) in [5, 5.41) is 0.578. The lowest BCUT2D eigenvalue weighted by atomic mass is 10.3. The lowest BCUT2D eigenvalue weighted by Gasteiger charge is -2.00. The molecule has 0 saturated carbocycles. The summed E-state index contributed by atoms with van der Waals surface area (Å²) in [6.45, 7) is 2.16. The zero-order chi connectivity index (χ0) is 9.68. The molecule has 1 rings (SSSR count). The molecule has 0 N–H and O–H groups in total. The van der Waals surface area contributed by atoms with E-state index < -0.39 is 0 Å². The van der Waals surface area contributed by atoms with Crippen molar-refractivity contribution >= 4 is 17.6 Å². The van der Waals surface area contributed by atoms with Gasteiger partial charge < -0.3 is 4.74 Å². The smallest absolute Gasteiger partial charge is 0.311 e. The summed E-state index contributed by atoms with van der Waals surface area (Å²) >= 11 is 5.71. The number of ether oxygens (including phenoxy) is 1. The summed E-state index contributed by atoms with van der Waals surface area (Å²) in [5.41, 5.74) is 0.631. The van der Waals surface area contributed by atoms with Gasteiger partial charge in [0, 0.05) is 11.2 Å². The van der Waals surface area contributed by atoms with Crippen molar-refractivity contribution in [2.24, 2.45) is 0 Å². The fraction of sp³-hybridized carbons (Fsp3) is 0.333. The molecule has 0 radical (unpaired) electrons. The van der Waals surface area contributed by atoms with E-state index in [-0.39, 0.29) is 12.4 Å². The Hall–Kier alpha value is -1.09. The molecular formula is C9H10ClNO2. The fourth-order valence-corrected chi connectivity index (χ4v) is 1.09. The van der Waals surface area contributed by atoms with Crippen LogP contribution in [0, 0.1) is 0 Å². The van der Waals surface area contributed by atoms with Gasteiger partial charge >= 0.3 is 5.97 Å². The molecule has 0 aliphatic heterocycles. The third-order valence-corrected chi connectivity index (χ3v) is 1.64. The average molecular weight is 200 g/mol. The lowest BCUT2D eigenvalue weighted by Crippen LogP contribution is -2.08. The normalized spacial score (nSPS) is 9.69. The van der Waals surface area contributed by atoms with Crippen LogP contribution in [0.5, 0.6) is 0 Å². The second-order valence-corrected chi connectivity index (χ2v) is 2.88. The number of rotatable bonds is 3. The first kappa shape index (κ1) is 9.99. The Kier molecular flexibility index (Phi) is 3.71. The molecule has 3 nitrogen and oxygen atoms in total. The summed E-state index contributed by atoms with van der Waals surface area (Å²) in [4.78, 5) is 15.0. The Bertz CT molecular complexity index is 301. The minimum atomic E-state index is -0.280. The minimum absolute atomic E-state index is 0.175. The Morgan fingerprint density at radius 1 is 1.69 bits per heavy atom. The first-order chi connectivity index (χ1) is 6.22. The van der Waals surface area contributed by atoms with Crippen LogP contribution in [-0.4, -0.2) is 17.6 Å². The summed E-state index contributed by atoms with van der Waals surface area (Å²) in [6, 6.07) is 3.31. The number of carbonyl (C=O) groups is 1. The number of pyridine rings is 1. The van der Waals surface area contributed by atoms with Crippen LogP contribution in [0.15, 0.2) is 18.3 Å². The first-order valence-electron chi connectivity index (χ1n) is 3.98. The van der Waals surface area contributed by atoms with Gasteiger partial charge in [-0.05, 0) is 19.1 Å². The van der Waals surface area contributed by atoms with Crippen LogP contribution in [0.25, 0.3) is 0 Å². The number of carbonyl (C=O) groups excluding carboxylic acids is 1. The van der Waals surface area contributed by atoms with E-state index in [1.165, 1.54) is 0 Å². The maximum Gasteiger partial charge on any atom is 0.311 e. The molecule has 1 heterocycles. The molecule has 1 aromatic heterocycles. The van der Waals surface area contributed by atoms with Gasteiger partial charge in [-0.25, -0.2) is 0 Å². The van der Waals surface area contributed by atoms with Gasteiger partial charge in [0.05, 0.1) is 18.7 Å². The Balaban J connectivity index is 2.58. The number of halogens is 1. The Morgan fingerprint density at radius 3 is 3.08 bits per heavy atom. The third kappa shape index (κ3) is 3.42. The molecule has 0 atom stereocenters. The minimum Gasteiger partial charge on any atom is -0.466 e. The molecule has 4 heteroatoms. The van der Waals surface area contributed by atoms with Crippen molar-refractivity contribution in [1.29, 1.82) is 0 Å². The summed E-state index contributed by atoms with van der Waals surface area (Å²) in [5.74, 6) is -0.280. The number of esters is 1. The summed E-state index contributed by atoms with van der Waals surface area (Å²) in [7, 11) is 0.